The molecule has 0 saturated heterocycles. The highest BCUT2D eigenvalue weighted by Crippen LogP contribution is 2.10. The Bertz CT molecular complexity index is 143. The van der Waals surface area contributed by atoms with Crippen LogP contribution in [0, 0.1) is 0 Å². The molecular weight excluding hydrogens is 128 g/mol. The number of aliphatic imine (C=N–C) groups is 2. The molecule has 0 amide bonds. The summed E-state index contributed by atoms with van der Waals surface area (Å²) in [5, 5.41) is 0. The van der Waals surface area contributed by atoms with E-state index in [2.05, 4.69) is 23.4 Å². The van der Waals surface area contributed by atoms with Crippen molar-refractivity contribution < 1.29 is 4.74 Å². The van der Waals surface area contributed by atoms with Gasteiger partial charge < -0.3 is 4.74 Å². The molecule has 0 aliphatic heterocycles. The second-order valence-electron chi connectivity index (χ2n) is 1.63. The van der Waals surface area contributed by atoms with Crippen molar-refractivity contribution in [3.05, 3.63) is 11.6 Å². The van der Waals surface area contributed by atoms with Crippen LogP contribution < -0.4 is 0 Å². The van der Waals surface area contributed by atoms with Crippen LogP contribution in [0.2, 0.25) is 0 Å². The Labute approximate surface area is 61.1 Å². The van der Waals surface area contributed by atoms with Crippen LogP contribution in [0.1, 0.15) is 13.3 Å². The highest BCUT2D eigenvalue weighted by atomic mass is 16.5. The molecule has 0 aliphatic rings. The van der Waals surface area contributed by atoms with Crippen molar-refractivity contribution in [2.45, 2.75) is 13.3 Å². The second-order valence-corrected chi connectivity index (χ2v) is 1.63. The molecule has 0 aromatic carbocycles. The van der Waals surface area contributed by atoms with Crippen LogP contribution in [0.4, 0.5) is 0 Å². The van der Waals surface area contributed by atoms with Crippen LogP contribution >= 0.6 is 0 Å². The molecule has 0 N–H and O–H groups in total. The Morgan fingerprint density at radius 1 is 1.40 bits per heavy atom. The fourth-order valence-electron chi connectivity index (χ4n) is 0.604. The first-order valence-electron chi connectivity index (χ1n) is 3.00. The van der Waals surface area contributed by atoms with Gasteiger partial charge in [0.05, 0.1) is 7.11 Å². The fraction of sp³-hybridized carbons (Fsp3) is 0.429. The third kappa shape index (κ3) is 2.01. The molecule has 10 heavy (non-hydrogen) atoms. The molecule has 0 unspecified atom stereocenters. The Kier molecular flexibility index (Phi) is 4.20. The number of hydrogen-bond donors (Lipinski definition) is 0. The van der Waals surface area contributed by atoms with Crippen LogP contribution in [0.5, 0.6) is 0 Å². The van der Waals surface area contributed by atoms with Crippen LogP contribution in [-0.4, -0.2) is 20.5 Å². The summed E-state index contributed by atoms with van der Waals surface area (Å²) in [6, 6.07) is 0. The quantitative estimate of drug-likeness (QED) is 0.431. The van der Waals surface area contributed by atoms with Crippen LogP contribution in [0.25, 0.3) is 0 Å². The average Bonchev–Trinajstić information content (AvgIpc) is 2.00. The maximum absolute atomic E-state index is 4.86. The van der Waals surface area contributed by atoms with Gasteiger partial charge in [-0.15, -0.1) is 0 Å². The number of ether oxygens (including phenoxy) is 1. The molecule has 3 heteroatoms. The van der Waals surface area contributed by atoms with E-state index in [1.165, 1.54) is 7.11 Å². The molecule has 0 bridgehead atoms. The number of hydrogen-bond acceptors (Lipinski definition) is 3. The molecule has 0 aliphatic carbocycles. The van der Waals surface area contributed by atoms with Crippen LogP contribution in [0.15, 0.2) is 21.6 Å². The molecule has 0 saturated carbocycles. The lowest BCUT2D eigenvalue weighted by atomic mass is 10.3. The lowest BCUT2D eigenvalue weighted by molar-refractivity contribution is 0.283. The third-order valence-corrected chi connectivity index (χ3v) is 1.11. The summed E-state index contributed by atoms with van der Waals surface area (Å²) in [4.78, 5) is 7.34. The largest absolute Gasteiger partial charge is 0.480 e. The molecule has 56 valence electrons. The maximum atomic E-state index is 4.86. The summed E-state index contributed by atoms with van der Waals surface area (Å²) in [5.74, 6) is 0.456. The fourth-order valence-corrected chi connectivity index (χ4v) is 0.604. The SMILES string of the molecule is C=N/C(CC)=C(\N=C)OC. The van der Waals surface area contributed by atoms with Crippen molar-refractivity contribution in [3.8, 4) is 0 Å². The van der Waals surface area contributed by atoms with Crippen molar-refractivity contribution in [1.29, 1.82) is 0 Å². The second kappa shape index (κ2) is 4.73. The Morgan fingerprint density at radius 3 is 2.10 bits per heavy atom. The van der Waals surface area contributed by atoms with Gasteiger partial charge in [0.15, 0.2) is 0 Å². The van der Waals surface area contributed by atoms with Crippen LogP contribution in [-0.2, 0) is 4.74 Å². The van der Waals surface area contributed by atoms with Crippen molar-refractivity contribution in [2.24, 2.45) is 9.98 Å². The van der Waals surface area contributed by atoms with Gasteiger partial charge in [-0.2, -0.15) is 0 Å². The highest BCUT2D eigenvalue weighted by molar-refractivity contribution is 5.33. The maximum Gasteiger partial charge on any atom is 0.234 e. The van der Waals surface area contributed by atoms with Gasteiger partial charge in [0.2, 0.25) is 5.88 Å². The first-order valence-corrected chi connectivity index (χ1v) is 3.00. The molecular formula is C7H12N2O. The molecule has 0 spiro atoms. The molecule has 0 atom stereocenters. The molecule has 0 aromatic heterocycles. The predicted molar refractivity (Wildman–Crippen MR) is 43.4 cm³/mol. The lowest BCUT2D eigenvalue weighted by Crippen LogP contribution is -1.87. The van der Waals surface area contributed by atoms with Crippen molar-refractivity contribution in [1.82, 2.24) is 0 Å². The van der Waals surface area contributed by atoms with E-state index < -0.39 is 0 Å². The number of methoxy groups -OCH3 is 1. The molecule has 0 rings (SSSR count). The summed E-state index contributed by atoms with van der Waals surface area (Å²) >= 11 is 0. The zero-order chi connectivity index (χ0) is 7.98. The first kappa shape index (κ1) is 8.88. The van der Waals surface area contributed by atoms with Gasteiger partial charge in [0.1, 0.15) is 5.70 Å². The van der Waals surface area contributed by atoms with Crippen molar-refractivity contribution in [2.75, 3.05) is 7.11 Å². The van der Waals surface area contributed by atoms with Crippen molar-refractivity contribution >= 4 is 13.4 Å². The van der Waals surface area contributed by atoms with E-state index in [-0.39, 0.29) is 0 Å². The molecule has 0 radical (unpaired) electrons. The first-order chi connectivity index (χ1) is 4.79. The Hall–Kier alpha value is -1.12. The van der Waals surface area contributed by atoms with Crippen LogP contribution in [0.3, 0.4) is 0 Å². The van der Waals surface area contributed by atoms with Gasteiger partial charge >= 0.3 is 0 Å². The lowest BCUT2D eigenvalue weighted by Gasteiger charge is -2.01. The van der Waals surface area contributed by atoms with Gasteiger partial charge in [0.25, 0.3) is 0 Å². The summed E-state index contributed by atoms with van der Waals surface area (Å²) < 4.78 is 4.86. The third-order valence-electron chi connectivity index (χ3n) is 1.11. The monoisotopic (exact) mass is 140 g/mol. The number of allylic oxidation sites excluding steroid dienone is 1. The predicted octanol–water partition coefficient (Wildman–Crippen LogP) is 1.61. The van der Waals surface area contributed by atoms with E-state index >= 15 is 0 Å². The average molecular weight is 140 g/mol. The molecule has 0 aromatic rings. The number of nitrogens with zero attached hydrogens (tertiary/aromatic N) is 2. The normalized spacial score (nSPS) is 11.8. The standard InChI is InChI=1S/C7H12N2O/c1-5-6(8-2)7(9-3)10-4/h2-3,5H2,1,4H3/b7-6+. The summed E-state index contributed by atoms with van der Waals surface area (Å²) in [6.07, 6.45) is 0.756. The number of rotatable bonds is 4. The van der Waals surface area contributed by atoms with E-state index in [4.69, 9.17) is 4.74 Å². The molecule has 0 fully saturated rings. The van der Waals surface area contributed by atoms with Gasteiger partial charge in [0, 0.05) is 0 Å². The van der Waals surface area contributed by atoms with E-state index in [9.17, 15) is 0 Å². The topological polar surface area (TPSA) is 34.0 Å². The van der Waals surface area contributed by atoms with Gasteiger partial charge in [-0.3, -0.25) is 4.99 Å². The minimum atomic E-state index is 0.456. The highest BCUT2D eigenvalue weighted by Gasteiger charge is 1.98. The minimum absolute atomic E-state index is 0.456. The zero-order valence-corrected chi connectivity index (χ0v) is 6.42. The Morgan fingerprint density at radius 2 is 2.00 bits per heavy atom. The zero-order valence-electron chi connectivity index (χ0n) is 6.42. The van der Waals surface area contributed by atoms with E-state index in [1.54, 1.807) is 0 Å². The summed E-state index contributed by atoms with van der Waals surface area (Å²) in [6.45, 7) is 8.65. The van der Waals surface area contributed by atoms with Gasteiger partial charge in [-0.1, -0.05) is 6.92 Å². The van der Waals surface area contributed by atoms with E-state index in [0.717, 1.165) is 12.1 Å². The summed E-state index contributed by atoms with van der Waals surface area (Å²) in [7, 11) is 1.53. The van der Waals surface area contributed by atoms with E-state index in [0.29, 0.717) is 5.88 Å². The minimum Gasteiger partial charge on any atom is -0.480 e. The van der Waals surface area contributed by atoms with E-state index in [1.807, 2.05) is 6.92 Å². The smallest absolute Gasteiger partial charge is 0.234 e. The van der Waals surface area contributed by atoms with Crippen molar-refractivity contribution in [3.63, 3.8) is 0 Å². The molecule has 0 heterocycles. The Balaban J connectivity index is 4.50. The summed E-state index contributed by atoms with van der Waals surface area (Å²) in [5.41, 5.74) is 0.734. The van der Waals surface area contributed by atoms with Gasteiger partial charge in [-0.25, -0.2) is 4.99 Å². The van der Waals surface area contributed by atoms with Gasteiger partial charge in [-0.05, 0) is 19.9 Å². The molecule has 3 nitrogen and oxygen atoms in total.